The van der Waals surface area contributed by atoms with Crippen molar-refractivity contribution in [1.29, 1.82) is 0 Å². The molecule has 0 bridgehead atoms. The lowest BCUT2D eigenvalue weighted by atomic mass is 9.95. The Bertz CT molecular complexity index is 425. The van der Waals surface area contributed by atoms with Gasteiger partial charge in [-0.1, -0.05) is 24.3 Å². The standard InChI is InChI=1S/C8H15NO4.C6H4/c1-8(2,3)13-7(12)9-5-4-6(10)11;1-2-6-4-3-5(1)6/h4-5H2,1-3H3,(H,9,12)(H,10,11);1-4H. The van der Waals surface area contributed by atoms with Crippen LogP contribution in [0.4, 0.5) is 4.79 Å². The molecule has 2 aliphatic rings. The largest absolute Gasteiger partial charge is 0.481 e. The highest BCUT2D eigenvalue weighted by Crippen LogP contribution is 2.29. The summed E-state index contributed by atoms with van der Waals surface area (Å²) in [6.07, 6.45) is -0.687. The van der Waals surface area contributed by atoms with Gasteiger partial charge in [0.05, 0.1) is 6.42 Å². The maximum Gasteiger partial charge on any atom is 0.407 e. The second-order valence-electron chi connectivity index (χ2n) is 5.15. The minimum Gasteiger partial charge on any atom is -0.481 e. The van der Waals surface area contributed by atoms with Crippen LogP contribution >= 0.6 is 0 Å². The van der Waals surface area contributed by atoms with Crippen molar-refractivity contribution in [2.45, 2.75) is 32.8 Å². The summed E-state index contributed by atoms with van der Waals surface area (Å²) in [5.74, 6) is -0.948. The first-order valence-electron chi connectivity index (χ1n) is 6.07. The highest BCUT2D eigenvalue weighted by atomic mass is 16.6. The zero-order valence-corrected chi connectivity index (χ0v) is 11.4. The normalized spacial score (nSPS) is 10.9. The molecule has 0 spiro atoms. The molecular formula is C14H19NO4. The van der Waals surface area contributed by atoms with E-state index in [2.05, 4.69) is 29.6 Å². The monoisotopic (exact) mass is 265 g/mol. The molecule has 0 saturated carbocycles. The summed E-state index contributed by atoms with van der Waals surface area (Å²) >= 11 is 0. The molecule has 0 aromatic carbocycles. The molecule has 0 aromatic heterocycles. The van der Waals surface area contributed by atoms with Crippen LogP contribution in [0.25, 0.3) is 11.1 Å². The third-order valence-electron chi connectivity index (χ3n) is 2.23. The Morgan fingerprint density at radius 2 is 1.63 bits per heavy atom. The number of hydrogen-bond donors (Lipinski definition) is 2. The Morgan fingerprint density at radius 1 is 1.16 bits per heavy atom. The molecular weight excluding hydrogens is 246 g/mol. The van der Waals surface area contributed by atoms with Crippen molar-refractivity contribution in [1.82, 2.24) is 5.32 Å². The van der Waals surface area contributed by atoms with Crippen LogP contribution in [0.3, 0.4) is 0 Å². The minimum absolute atomic E-state index is 0.0875. The first-order chi connectivity index (χ1) is 8.78. The predicted octanol–water partition coefficient (Wildman–Crippen LogP) is 2.65. The van der Waals surface area contributed by atoms with Crippen LogP contribution in [0.5, 0.6) is 0 Å². The van der Waals surface area contributed by atoms with Gasteiger partial charge in [-0.25, -0.2) is 4.79 Å². The Hall–Kier alpha value is -2.04. The van der Waals surface area contributed by atoms with E-state index in [4.69, 9.17) is 9.84 Å². The topological polar surface area (TPSA) is 75.6 Å². The number of nitrogens with one attached hydrogen (secondary N) is 1. The molecule has 0 fully saturated rings. The Labute approximate surface area is 112 Å². The molecule has 0 atom stereocenters. The van der Waals surface area contributed by atoms with Crippen molar-refractivity contribution in [3.63, 3.8) is 0 Å². The van der Waals surface area contributed by atoms with Gasteiger partial charge in [0.1, 0.15) is 5.60 Å². The second-order valence-corrected chi connectivity index (χ2v) is 5.15. The van der Waals surface area contributed by atoms with Gasteiger partial charge in [0.15, 0.2) is 0 Å². The second kappa shape index (κ2) is 6.22. The summed E-state index contributed by atoms with van der Waals surface area (Å²) in [4.78, 5) is 21.0. The van der Waals surface area contributed by atoms with E-state index in [1.54, 1.807) is 20.8 Å². The summed E-state index contributed by atoms with van der Waals surface area (Å²) in [7, 11) is 0. The molecule has 0 aromatic rings. The molecule has 19 heavy (non-hydrogen) atoms. The highest BCUT2D eigenvalue weighted by Gasteiger charge is 2.15. The Balaban J connectivity index is 0.000000241. The number of hydrogen-bond acceptors (Lipinski definition) is 3. The third kappa shape index (κ3) is 5.90. The average molecular weight is 265 g/mol. The molecule has 0 radical (unpaired) electrons. The lowest BCUT2D eigenvalue weighted by Gasteiger charge is -2.19. The number of amides is 1. The zero-order chi connectivity index (χ0) is 14.5. The van der Waals surface area contributed by atoms with Gasteiger partial charge >= 0.3 is 12.1 Å². The van der Waals surface area contributed by atoms with Gasteiger partial charge in [-0.2, -0.15) is 0 Å². The smallest absolute Gasteiger partial charge is 0.407 e. The molecule has 1 amide bonds. The van der Waals surface area contributed by atoms with Crippen molar-refractivity contribution >= 4 is 12.1 Å². The highest BCUT2D eigenvalue weighted by molar-refractivity contribution is 5.75. The van der Waals surface area contributed by atoms with Crippen LogP contribution in [0.2, 0.25) is 0 Å². The number of fused-ring (bicyclic) bond motifs is 1. The number of alkyl carbamates (subject to hydrolysis) is 1. The summed E-state index contributed by atoms with van der Waals surface area (Å²) in [5.41, 5.74) is 2.30. The lowest BCUT2D eigenvalue weighted by molar-refractivity contribution is -0.136. The van der Waals surface area contributed by atoms with E-state index in [0.717, 1.165) is 0 Å². The van der Waals surface area contributed by atoms with E-state index in [1.165, 1.54) is 11.1 Å². The summed E-state index contributed by atoms with van der Waals surface area (Å²) < 4.78 is 4.88. The Kier molecular flexibility index (Phi) is 4.92. The molecule has 2 N–H and O–H groups in total. The zero-order valence-electron chi connectivity index (χ0n) is 11.4. The van der Waals surface area contributed by atoms with Crippen molar-refractivity contribution in [3.05, 3.63) is 24.3 Å². The SMILES string of the molecule is CC(C)(C)OC(=O)NCCC(=O)O.c1cc2ccc1-2. The van der Waals surface area contributed by atoms with Crippen LogP contribution in [0.15, 0.2) is 24.3 Å². The van der Waals surface area contributed by atoms with Crippen molar-refractivity contribution in [2.75, 3.05) is 6.54 Å². The van der Waals surface area contributed by atoms with Crippen LogP contribution < -0.4 is 5.32 Å². The quantitative estimate of drug-likeness (QED) is 0.894. The van der Waals surface area contributed by atoms with Crippen LogP contribution in [0.1, 0.15) is 27.2 Å². The van der Waals surface area contributed by atoms with Gasteiger partial charge in [-0.3, -0.25) is 4.79 Å². The molecule has 104 valence electrons. The molecule has 2 rings (SSSR count). The van der Waals surface area contributed by atoms with Crippen molar-refractivity contribution in [3.8, 4) is 11.1 Å². The van der Waals surface area contributed by atoms with Crippen LogP contribution in [0, 0.1) is 0 Å². The summed E-state index contributed by atoms with van der Waals surface area (Å²) in [6.45, 7) is 5.31. The molecule has 0 unspecified atom stereocenters. The molecule has 0 heterocycles. The average Bonchev–Trinajstić information content (AvgIpc) is 2.21. The number of ether oxygens (including phenoxy) is 1. The van der Waals surface area contributed by atoms with E-state index >= 15 is 0 Å². The Morgan fingerprint density at radius 3 is 1.89 bits per heavy atom. The first-order valence-corrected chi connectivity index (χ1v) is 6.07. The van der Waals surface area contributed by atoms with Gasteiger partial charge < -0.3 is 15.2 Å². The van der Waals surface area contributed by atoms with E-state index in [9.17, 15) is 9.59 Å². The van der Waals surface area contributed by atoms with Crippen LogP contribution in [-0.2, 0) is 9.53 Å². The van der Waals surface area contributed by atoms with Gasteiger partial charge in [0, 0.05) is 6.54 Å². The number of carbonyl (C=O) groups is 2. The van der Waals surface area contributed by atoms with Crippen molar-refractivity contribution in [2.24, 2.45) is 0 Å². The van der Waals surface area contributed by atoms with Crippen molar-refractivity contribution < 1.29 is 19.4 Å². The predicted molar refractivity (Wildman–Crippen MR) is 71.9 cm³/mol. The fourth-order valence-corrected chi connectivity index (χ4v) is 1.25. The molecule has 2 aliphatic carbocycles. The summed E-state index contributed by atoms with van der Waals surface area (Å²) in [6, 6.07) is 8.48. The van der Waals surface area contributed by atoms with E-state index < -0.39 is 17.7 Å². The maximum atomic E-state index is 10.9. The van der Waals surface area contributed by atoms with E-state index in [-0.39, 0.29) is 13.0 Å². The molecule has 5 nitrogen and oxygen atoms in total. The minimum atomic E-state index is -0.948. The maximum absolute atomic E-state index is 10.9. The lowest BCUT2D eigenvalue weighted by Crippen LogP contribution is -2.33. The van der Waals surface area contributed by atoms with Gasteiger partial charge in [0.2, 0.25) is 0 Å². The van der Waals surface area contributed by atoms with E-state index in [0.29, 0.717) is 0 Å². The number of carboxylic acid groups (broad SMARTS) is 1. The first kappa shape index (κ1) is 15.0. The van der Waals surface area contributed by atoms with Gasteiger partial charge in [0.25, 0.3) is 0 Å². The fourth-order valence-electron chi connectivity index (χ4n) is 1.25. The number of rotatable bonds is 3. The number of benzene rings is 1. The summed E-state index contributed by atoms with van der Waals surface area (Å²) in [5, 5.41) is 10.6. The van der Waals surface area contributed by atoms with Gasteiger partial charge in [-0.05, 0) is 31.9 Å². The fraction of sp³-hybridized carbons (Fsp3) is 0.429. The van der Waals surface area contributed by atoms with Gasteiger partial charge in [-0.15, -0.1) is 0 Å². The molecule has 0 aliphatic heterocycles. The number of aliphatic carboxylic acids is 1. The molecule has 5 heteroatoms. The molecule has 0 saturated heterocycles. The number of carbonyl (C=O) groups excluding carboxylic acids is 1. The van der Waals surface area contributed by atoms with E-state index in [1.807, 2.05) is 0 Å². The third-order valence-corrected chi connectivity index (χ3v) is 2.23. The van der Waals surface area contributed by atoms with Crippen LogP contribution in [-0.4, -0.2) is 29.3 Å². The number of carboxylic acids is 1.